The minimum Gasteiger partial charge on any atom is -0.376 e. The first-order chi connectivity index (χ1) is 8.02. The van der Waals surface area contributed by atoms with E-state index in [2.05, 4.69) is 4.72 Å². The quantitative estimate of drug-likeness (QED) is 0.748. The lowest BCUT2D eigenvalue weighted by Gasteiger charge is -2.20. The van der Waals surface area contributed by atoms with Gasteiger partial charge in [0.2, 0.25) is 10.0 Å². The Morgan fingerprint density at radius 1 is 1.41 bits per heavy atom. The first-order valence-electron chi connectivity index (χ1n) is 6.19. The predicted molar refractivity (Wildman–Crippen MR) is 67.7 cm³/mol. The molecule has 0 bridgehead atoms. The number of rotatable bonds is 6. The topological polar surface area (TPSA) is 55.4 Å². The zero-order valence-corrected chi connectivity index (χ0v) is 11.6. The number of hydrogen-bond donors (Lipinski definition) is 1. The molecule has 100 valence electrons. The number of halogens is 1. The molecule has 0 radical (unpaired) electrons. The van der Waals surface area contributed by atoms with Crippen LogP contribution in [-0.2, 0) is 14.8 Å². The molecule has 2 rings (SSSR count). The maximum Gasteiger partial charge on any atom is 0.212 e. The van der Waals surface area contributed by atoms with Crippen molar-refractivity contribution < 1.29 is 13.2 Å². The van der Waals surface area contributed by atoms with Crippen LogP contribution >= 0.6 is 11.6 Å². The summed E-state index contributed by atoms with van der Waals surface area (Å²) in [5, 5.41) is 0. The van der Waals surface area contributed by atoms with E-state index in [0.717, 1.165) is 6.42 Å². The van der Waals surface area contributed by atoms with E-state index >= 15 is 0 Å². The normalized spacial score (nSPS) is 31.6. The molecule has 1 aliphatic heterocycles. The van der Waals surface area contributed by atoms with Crippen LogP contribution in [0.3, 0.4) is 0 Å². The van der Waals surface area contributed by atoms with Crippen molar-refractivity contribution in [3.05, 3.63) is 0 Å². The van der Waals surface area contributed by atoms with Gasteiger partial charge in [0.25, 0.3) is 0 Å². The molecule has 0 aromatic heterocycles. The van der Waals surface area contributed by atoms with Gasteiger partial charge in [-0.2, -0.15) is 0 Å². The van der Waals surface area contributed by atoms with Crippen molar-refractivity contribution in [1.82, 2.24) is 4.72 Å². The maximum absolute atomic E-state index is 11.9. The Bertz CT molecular complexity index is 356. The lowest BCUT2D eigenvalue weighted by molar-refractivity contribution is 0.0848. The summed E-state index contributed by atoms with van der Waals surface area (Å²) >= 11 is 5.65. The van der Waals surface area contributed by atoms with Gasteiger partial charge in [0.05, 0.1) is 17.9 Å². The number of sulfonamides is 1. The summed E-state index contributed by atoms with van der Waals surface area (Å²) in [7, 11) is -3.23. The van der Waals surface area contributed by atoms with Crippen LogP contribution in [0.5, 0.6) is 0 Å². The van der Waals surface area contributed by atoms with Crippen LogP contribution in [0.1, 0.15) is 26.2 Å². The summed E-state index contributed by atoms with van der Waals surface area (Å²) in [4.78, 5) is 0. The Labute approximate surface area is 108 Å². The molecule has 0 amide bonds. The fourth-order valence-electron chi connectivity index (χ4n) is 2.32. The highest BCUT2D eigenvalue weighted by atomic mass is 35.5. The molecule has 1 N–H and O–H groups in total. The van der Waals surface area contributed by atoms with Crippen LogP contribution in [0.25, 0.3) is 0 Å². The second kappa shape index (κ2) is 5.43. The molecule has 0 aromatic carbocycles. The van der Waals surface area contributed by atoms with Gasteiger partial charge in [-0.1, -0.05) is 6.92 Å². The molecule has 0 spiro atoms. The minimum absolute atomic E-state index is 0.0177. The van der Waals surface area contributed by atoms with Gasteiger partial charge in [0, 0.05) is 12.5 Å². The smallest absolute Gasteiger partial charge is 0.212 e. The van der Waals surface area contributed by atoms with E-state index in [0.29, 0.717) is 18.4 Å². The second-order valence-corrected chi connectivity index (χ2v) is 7.33. The highest BCUT2D eigenvalue weighted by molar-refractivity contribution is 7.89. The third kappa shape index (κ3) is 3.81. The van der Waals surface area contributed by atoms with Gasteiger partial charge in [-0.3, -0.25) is 0 Å². The van der Waals surface area contributed by atoms with E-state index in [9.17, 15) is 8.42 Å². The van der Waals surface area contributed by atoms with Gasteiger partial charge in [-0.15, -0.1) is 11.6 Å². The zero-order valence-electron chi connectivity index (χ0n) is 10.1. The molecule has 1 saturated carbocycles. The number of nitrogens with one attached hydrogen (secondary N) is 1. The monoisotopic (exact) mass is 281 g/mol. The molecule has 17 heavy (non-hydrogen) atoms. The van der Waals surface area contributed by atoms with E-state index in [4.69, 9.17) is 16.3 Å². The standard InChI is InChI=1S/C11H20ClNO3S/c1-8(6-12)7-17(14,15)13-10-4-5-16-11(10)9-2-3-9/h8-11,13H,2-7H2,1H3. The van der Waals surface area contributed by atoms with E-state index in [1.807, 2.05) is 6.92 Å². The van der Waals surface area contributed by atoms with Crippen LogP contribution in [0.2, 0.25) is 0 Å². The van der Waals surface area contributed by atoms with Gasteiger partial charge in [0.1, 0.15) is 0 Å². The fourth-order valence-corrected chi connectivity index (χ4v) is 4.24. The van der Waals surface area contributed by atoms with Crippen LogP contribution in [0.15, 0.2) is 0 Å². The van der Waals surface area contributed by atoms with E-state index < -0.39 is 10.0 Å². The largest absolute Gasteiger partial charge is 0.376 e. The molecule has 4 nitrogen and oxygen atoms in total. The lowest BCUT2D eigenvalue weighted by Crippen LogP contribution is -2.43. The number of alkyl halides is 1. The third-order valence-electron chi connectivity index (χ3n) is 3.32. The first-order valence-corrected chi connectivity index (χ1v) is 8.38. The Kier molecular flexibility index (Phi) is 4.34. The van der Waals surface area contributed by atoms with Gasteiger partial charge in [-0.05, 0) is 31.1 Å². The molecule has 2 aliphatic rings. The maximum atomic E-state index is 11.9. The van der Waals surface area contributed by atoms with Crippen molar-refractivity contribution in [2.45, 2.75) is 38.3 Å². The molecule has 3 unspecified atom stereocenters. The molecular formula is C11H20ClNO3S. The van der Waals surface area contributed by atoms with Gasteiger partial charge < -0.3 is 4.74 Å². The summed E-state index contributed by atoms with van der Waals surface area (Å²) in [6.07, 6.45) is 3.22. The summed E-state index contributed by atoms with van der Waals surface area (Å²) in [6, 6.07) is -0.0324. The number of hydrogen-bond acceptors (Lipinski definition) is 3. The molecule has 6 heteroatoms. The van der Waals surface area contributed by atoms with E-state index in [1.54, 1.807) is 0 Å². The third-order valence-corrected chi connectivity index (χ3v) is 5.52. The minimum atomic E-state index is -3.23. The SMILES string of the molecule is CC(CCl)CS(=O)(=O)NC1CCOC1C1CC1. The highest BCUT2D eigenvalue weighted by Crippen LogP contribution is 2.38. The van der Waals surface area contributed by atoms with Crippen molar-refractivity contribution in [3.8, 4) is 0 Å². The van der Waals surface area contributed by atoms with Gasteiger partial charge >= 0.3 is 0 Å². The van der Waals surface area contributed by atoms with Gasteiger partial charge in [0.15, 0.2) is 0 Å². The number of ether oxygens (including phenoxy) is 1. The molecule has 1 heterocycles. The second-order valence-electron chi connectivity index (χ2n) is 5.23. The Morgan fingerprint density at radius 2 is 2.12 bits per heavy atom. The molecule has 0 aromatic rings. The van der Waals surface area contributed by atoms with Crippen LogP contribution < -0.4 is 4.72 Å². The van der Waals surface area contributed by atoms with E-state index in [-0.39, 0.29) is 23.8 Å². The Morgan fingerprint density at radius 3 is 2.71 bits per heavy atom. The van der Waals surface area contributed by atoms with Crippen LogP contribution in [0.4, 0.5) is 0 Å². The lowest BCUT2D eigenvalue weighted by atomic mass is 10.1. The zero-order chi connectivity index (χ0) is 12.5. The average molecular weight is 282 g/mol. The highest BCUT2D eigenvalue weighted by Gasteiger charge is 2.42. The Hall–Kier alpha value is 0.160. The van der Waals surface area contributed by atoms with Gasteiger partial charge in [-0.25, -0.2) is 13.1 Å². The molecule has 2 fully saturated rings. The van der Waals surface area contributed by atoms with Crippen molar-refractivity contribution >= 4 is 21.6 Å². The molecular weight excluding hydrogens is 262 g/mol. The van der Waals surface area contributed by atoms with Crippen molar-refractivity contribution in [1.29, 1.82) is 0 Å². The molecule has 1 saturated heterocycles. The van der Waals surface area contributed by atoms with Crippen LogP contribution in [0, 0.1) is 11.8 Å². The predicted octanol–water partition coefficient (Wildman–Crippen LogP) is 1.35. The summed E-state index contributed by atoms with van der Waals surface area (Å²) in [6.45, 7) is 2.51. The van der Waals surface area contributed by atoms with Crippen LogP contribution in [-0.4, -0.2) is 38.8 Å². The van der Waals surface area contributed by atoms with Crippen molar-refractivity contribution in [2.24, 2.45) is 11.8 Å². The molecule has 1 aliphatic carbocycles. The summed E-state index contributed by atoms with van der Waals surface area (Å²) in [5.74, 6) is 1.02. The Balaban J connectivity index is 1.90. The fraction of sp³-hybridized carbons (Fsp3) is 1.00. The average Bonchev–Trinajstić information content (AvgIpc) is 2.99. The summed E-state index contributed by atoms with van der Waals surface area (Å²) in [5.41, 5.74) is 0. The van der Waals surface area contributed by atoms with Crippen molar-refractivity contribution in [2.75, 3.05) is 18.2 Å². The summed E-state index contributed by atoms with van der Waals surface area (Å²) < 4.78 is 32.2. The first kappa shape index (κ1) is 13.6. The van der Waals surface area contributed by atoms with E-state index in [1.165, 1.54) is 12.8 Å². The van der Waals surface area contributed by atoms with Crippen molar-refractivity contribution in [3.63, 3.8) is 0 Å². The molecule has 3 atom stereocenters.